The van der Waals surface area contributed by atoms with Gasteiger partial charge < -0.3 is 5.73 Å². The molecule has 0 aliphatic heterocycles. The van der Waals surface area contributed by atoms with E-state index in [2.05, 4.69) is 4.72 Å². The minimum Gasteiger partial charge on any atom is -0.399 e. The van der Waals surface area contributed by atoms with E-state index in [9.17, 15) is 18.5 Å². The van der Waals surface area contributed by atoms with Crippen molar-refractivity contribution in [2.24, 2.45) is 11.3 Å². The van der Waals surface area contributed by atoms with Gasteiger partial charge in [-0.15, -0.1) is 0 Å². The molecule has 0 aliphatic carbocycles. The van der Waals surface area contributed by atoms with Crippen LogP contribution in [0.1, 0.15) is 27.7 Å². The van der Waals surface area contributed by atoms with Crippen LogP contribution in [0.25, 0.3) is 0 Å². The van der Waals surface area contributed by atoms with E-state index in [-0.39, 0.29) is 23.6 Å². The lowest BCUT2D eigenvalue weighted by molar-refractivity contribution is -0.387. The molecule has 0 spiro atoms. The Balaban J connectivity index is 3.15. The van der Waals surface area contributed by atoms with Crippen LogP contribution in [0.3, 0.4) is 0 Å². The van der Waals surface area contributed by atoms with Crippen molar-refractivity contribution in [3.05, 3.63) is 28.3 Å². The Morgan fingerprint density at radius 1 is 1.38 bits per heavy atom. The Labute approximate surface area is 124 Å². The molecule has 0 unspecified atom stereocenters. The molecule has 118 valence electrons. The van der Waals surface area contributed by atoms with Gasteiger partial charge in [0.1, 0.15) is 0 Å². The number of benzene rings is 1. The van der Waals surface area contributed by atoms with E-state index in [0.29, 0.717) is 0 Å². The summed E-state index contributed by atoms with van der Waals surface area (Å²) in [5, 5.41) is 11.0. The molecule has 0 saturated heterocycles. The summed E-state index contributed by atoms with van der Waals surface area (Å²) in [4.78, 5) is 9.82. The van der Waals surface area contributed by atoms with Crippen molar-refractivity contribution in [2.75, 3.05) is 12.3 Å². The SMILES string of the molecule is CC(C)C(C)(C)CNS(=O)(=O)c1cc(N)ccc1[N+](=O)[O-]. The average Bonchev–Trinajstić information content (AvgIpc) is 2.36. The minimum absolute atomic E-state index is 0.157. The molecule has 7 nitrogen and oxygen atoms in total. The Kier molecular flexibility index (Phi) is 4.95. The van der Waals surface area contributed by atoms with Gasteiger partial charge in [0.15, 0.2) is 4.90 Å². The number of nitro groups is 1. The third-order valence-electron chi connectivity index (χ3n) is 3.75. The number of sulfonamides is 1. The standard InChI is InChI=1S/C13H21N3O4S/c1-9(2)13(3,4)8-15-21(19,20)12-7-10(14)5-6-11(12)16(17)18/h5-7,9,15H,8,14H2,1-4H3. The molecule has 0 atom stereocenters. The van der Waals surface area contributed by atoms with Crippen molar-refractivity contribution in [3.8, 4) is 0 Å². The first-order chi connectivity index (χ1) is 9.47. The van der Waals surface area contributed by atoms with Crippen LogP contribution in [-0.2, 0) is 10.0 Å². The van der Waals surface area contributed by atoms with Crippen LogP contribution in [0.15, 0.2) is 23.1 Å². The Morgan fingerprint density at radius 3 is 2.43 bits per heavy atom. The number of rotatable bonds is 6. The van der Waals surface area contributed by atoms with Gasteiger partial charge in [0.25, 0.3) is 5.69 Å². The van der Waals surface area contributed by atoms with Crippen molar-refractivity contribution in [3.63, 3.8) is 0 Å². The summed E-state index contributed by atoms with van der Waals surface area (Å²) in [6.45, 7) is 8.00. The second-order valence-electron chi connectivity index (χ2n) is 5.95. The number of nitrogens with two attached hydrogens (primary N) is 1. The zero-order valence-electron chi connectivity index (χ0n) is 12.6. The Hall–Kier alpha value is -1.67. The van der Waals surface area contributed by atoms with Gasteiger partial charge in [-0.1, -0.05) is 27.7 Å². The number of nitro benzene ring substituents is 1. The molecule has 8 heteroatoms. The number of hydrogen-bond acceptors (Lipinski definition) is 5. The lowest BCUT2D eigenvalue weighted by Gasteiger charge is -2.29. The maximum absolute atomic E-state index is 12.3. The highest BCUT2D eigenvalue weighted by Crippen LogP contribution is 2.28. The first kappa shape index (κ1) is 17.4. The number of nitrogens with zero attached hydrogens (tertiary/aromatic N) is 1. The van der Waals surface area contributed by atoms with Gasteiger partial charge in [-0.3, -0.25) is 10.1 Å². The molecule has 0 fully saturated rings. The predicted octanol–water partition coefficient (Wildman–Crippen LogP) is 2.14. The van der Waals surface area contributed by atoms with Crippen molar-refractivity contribution in [2.45, 2.75) is 32.6 Å². The highest BCUT2D eigenvalue weighted by molar-refractivity contribution is 7.89. The first-order valence-corrected chi connectivity index (χ1v) is 7.99. The monoisotopic (exact) mass is 315 g/mol. The van der Waals surface area contributed by atoms with Crippen LogP contribution < -0.4 is 10.5 Å². The molecule has 1 aromatic rings. The summed E-state index contributed by atoms with van der Waals surface area (Å²) < 4.78 is 27.0. The van der Waals surface area contributed by atoms with Crippen LogP contribution in [0.5, 0.6) is 0 Å². The molecule has 1 aromatic carbocycles. The highest BCUT2D eigenvalue weighted by Gasteiger charge is 2.29. The van der Waals surface area contributed by atoms with Crippen molar-refractivity contribution < 1.29 is 13.3 Å². The normalized spacial score (nSPS) is 12.6. The van der Waals surface area contributed by atoms with E-state index in [4.69, 9.17) is 5.73 Å². The molecule has 0 aromatic heterocycles. The third kappa shape index (κ3) is 4.15. The molecule has 0 bridgehead atoms. The quantitative estimate of drug-likeness (QED) is 0.474. The largest absolute Gasteiger partial charge is 0.399 e. The van der Waals surface area contributed by atoms with Gasteiger partial charge >= 0.3 is 0 Å². The lowest BCUT2D eigenvalue weighted by atomic mass is 9.81. The van der Waals surface area contributed by atoms with Crippen LogP contribution in [0.2, 0.25) is 0 Å². The van der Waals surface area contributed by atoms with E-state index in [0.717, 1.165) is 12.1 Å². The molecule has 21 heavy (non-hydrogen) atoms. The number of anilines is 1. The van der Waals surface area contributed by atoms with E-state index >= 15 is 0 Å². The van der Waals surface area contributed by atoms with Crippen molar-refractivity contribution in [1.82, 2.24) is 4.72 Å². The van der Waals surface area contributed by atoms with Gasteiger partial charge in [0.05, 0.1) is 4.92 Å². The van der Waals surface area contributed by atoms with Gasteiger partial charge in [-0.05, 0) is 23.5 Å². The third-order valence-corrected chi connectivity index (χ3v) is 5.18. The summed E-state index contributed by atoms with van der Waals surface area (Å²) in [6, 6.07) is 3.50. The van der Waals surface area contributed by atoms with E-state index in [1.807, 2.05) is 27.7 Å². The molecular formula is C13H21N3O4S. The molecular weight excluding hydrogens is 294 g/mol. The minimum atomic E-state index is -4.00. The molecule has 0 heterocycles. The van der Waals surface area contributed by atoms with Gasteiger partial charge in [0, 0.05) is 18.3 Å². The fourth-order valence-electron chi connectivity index (χ4n) is 1.46. The first-order valence-electron chi connectivity index (χ1n) is 6.51. The number of nitrogens with one attached hydrogen (secondary N) is 1. The molecule has 1 rings (SSSR count). The second kappa shape index (κ2) is 5.98. The van der Waals surface area contributed by atoms with E-state index in [1.54, 1.807) is 0 Å². The van der Waals surface area contributed by atoms with Gasteiger partial charge in [-0.2, -0.15) is 0 Å². The number of hydrogen-bond donors (Lipinski definition) is 2. The van der Waals surface area contributed by atoms with E-state index in [1.165, 1.54) is 6.07 Å². The predicted molar refractivity (Wildman–Crippen MR) is 81.3 cm³/mol. The summed E-state index contributed by atoms with van der Waals surface area (Å²) >= 11 is 0. The zero-order chi connectivity index (χ0) is 16.4. The highest BCUT2D eigenvalue weighted by atomic mass is 32.2. The molecule has 0 saturated carbocycles. The van der Waals surface area contributed by atoms with Crippen LogP contribution in [0, 0.1) is 21.4 Å². The molecule has 0 aliphatic rings. The Bertz CT molecular complexity index is 639. The maximum atomic E-state index is 12.3. The van der Waals surface area contributed by atoms with Crippen LogP contribution >= 0.6 is 0 Å². The van der Waals surface area contributed by atoms with Crippen LogP contribution in [-0.4, -0.2) is 19.9 Å². The van der Waals surface area contributed by atoms with Crippen molar-refractivity contribution in [1.29, 1.82) is 0 Å². The fourth-order valence-corrected chi connectivity index (χ4v) is 2.89. The smallest absolute Gasteiger partial charge is 0.289 e. The van der Waals surface area contributed by atoms with E-state index < -0.39 is 25.5 Å². The lowest BCUT2D eigenvalue weighted by Crippen LogP contribution is -2.37. The molecule has 0 radical (unpaired) electrons. The fraction of sp³-hybridized carbons (Fsp3) is 0.538. The molecule has 0 amide bonds. The molecule has 3 N–H and O–H groups in total. The summed E-state index contributed by atoms with van der Waals surface area (Å²) in [7, 11) is -4.00. The average molecular weight is 315 g/mol. The zero-order valence-corrected chi connectivity index (χ0v) is 13.4. The Morgan fingerprint density at radius 2 is 1.95 bits per heavy atom. The van der Waals surface area contributed by atoms with Crippen LogP contribution in [0.4, 0.5) is 11.4 Å². The summed E-state index contributed by atoms with van der Waals surface area (Å²) in [5.74, 6) is 0.246. The second-order valence-corrected chi connectivity index (χ2v) is 7.69. The van der Waals surface area contributed by atoms with Gasteiger partial charge in [0.2, 0.25) is 10.0 Å². The maximum Gasteiger partial charge on any atom is 0.289 e. The summed E-state index contributed by atoms with van der Waals surface area (Å²) in [5.41, 5.74) is 4.93. The number of nitrogen functional groups attached to an aromatic ring is 1. The summed E-state index contributed by atoms with van der Waals surface area (Å²) in [6.07, 6.45) is 0. The van der Waals surface area contributed by atoms with Crippen molar-refractivity contribution >= 4 is 21.4 Å². The topological polar surface area (TPSA) is 115 Å². The van der Waals surface area contributed by atoms with Gasteiger partial charge in [-0.25, -0.2) is 13.1 Å².